The topological polar surface area (TPSA) is 104 Å². The summed E-state index contributed by atoms with van der Waals surface area (Å²) in [5.74, 6) is -0.0493. The van der Waals surface area contributed by atoms with Crippen LogP contribution in [0.4, 0.5) is 4.79 Å². The Bertz CT molecular complexity index is 499. The minimum absolute atomic E-state index is 0.0493. The number of amidine groups is 1. The minimum atomic E-state index is -0.822. The van der Waals surface area contributed by atoms with Crippen molar-refractivity contribution in [3.05, 3.63) is 36.3 Å². The quantitative estimate of drug-likeness (QED) is 0.662. The Labute approximate surface area is 104 Å². The van der Waals surface area contributed by atoms with Gasteiger partial charge in [0, 0.05) is 12.4 Å². The molecule has 0 saturated carbocycles. The molecule has 0 fully saturated rings. The number of rotatable bonds is 1. The lowest BCUT2D eigenvalue weighted by Gasteiger charge is -2.32. The van der Waals surface area contributed by atoms with E-state index in [0.717, 1.165) is 4.90 Å². The molecule has 2 heterocycles. The Balaban J connectivity index is 2.35. The number of amides is 1. The molecule has 1 unspecified atom stereocenters. The number of nitrogens with zero attached hydrogens (tertiary/aromatic N) is 2. The fourth-order valence-corrected chi connectivity index (χ4v) is 1.60. The number of hydrogen-bond acceptors (Lipinski definition) is 6. The number of carbonyl (C=O) groups is 1. The molecule has 0 aromatic carbocycles. The molecule has 18 heavy (non-hydrogen) atoms. The monoisotopic (exact) mass is 247 g/mol. The average molecular weight is 247 g/mol. The van der Waals surface area contributed by atoms with Crippen molar-refractivity contribution in [2.24, 2.45) is 5.73 Å². The Morgan fingerprint density at radius 1 is 1.61 bits per heavy atom. The average Bonchev–Trinajstić information content (AvgIpc) is 2.39. The van der Waals surface area contributed by atoms with Crippen LogP contribution in [0.15, 0.2) is 30.6 Å². The molecule has 2 rings (SSSR count). The first-order chi connectivity index (χ1) is 8.65. The van der Waals surface area contributed by atoms with Crippen molar-refractivity contribution < 1.29 is 9.53 Å². The maximum Gasteiger partial charge on any atom is 0.418 e. The molecule has 0 aliphatic carbocycles. The fourth-order valence-electron chi connectivity index (χ4n) is 1.60. The van der Waals surface area contributed by atoms with Gasteiger partial charge in [0.25, 0.3) is 0 Å². The van der Waals surface area contributed by atoms with Gasteiger partial charge in [0.1, 0.15) is 5.84 Å². The zero-order valence-corrected chi connectivity index (χ0v) is 9.75. The van der Waals surface area contributed by atoms with Crippen molar-refractivity contribution in [3.8, 4) is 0 Å². The molecule has 0 spiro atoms. The van der Waals surface area contributed by atoms with Gasteiger partial charge in [-0.25, -0.2) is 9.69 Å². The second-order valence-corrected chi connectivity index (χ2v) is 3.57. The smallest absolute Gasteiger partial charge is 0.418 e. The maximum atomic E-state index is 11.6. The second kappa shape index (κ2) is 4.84. The van der Waals surface area contributed by atoms with Crippen LogP contribution >= 0.6 is 0 Å². The van der Waals surface area contributed by atoms with E-state index in [4.69, 9.17) is 11.1 Å². The van der Waals surface area contributed by atoms with Crippen LogP contribution in [0.3, 0.4) is 0 Å². The third-order valence-electron chi connectivity index (χ3n) is 2.48. The number of ether oxygens (including phenoxy) is 1. The SMILES string of the molecule is COC(=O)N1C(=N)C(c2ccccn2)=CNC1N. The van der Waals surface area contributed by atoms with Crippen LogP contribution in [-0.4, -0.2) is 35.2 Å². The van der Waals surface area contributed by atoms with E-state index >= 15 is 0 Å². The Kier molecular flexibility index (Phi) is 3.24. The van der Waals surface area contributed by atoms with Gasteiger partial charge in [0.15, 0.2) is 6.29 Å². The molecule has 1 amide bonds. The first kappa shape index (κ1) is 12.1. The van der Waals surface area contributed by atoms with Crippen LogP contribution in [0, 0.1) is 5.41 Å². The van der Waals surface area contributed by atoms with Crippen LogP contribution in [0.5, 0.6) is 0 Å². The number of carbonyl (C=O) groups excluding carboxylic acids is 1. The summed E-state index contributed by atoms with van der Waals surface area (Å²) in [5, 5.41) is 10.8. The lowest BCUT2D eigenvalue weighted by atomic mass is 10.1. The molecular weight excluding hydrogens is 234 g/mol. The highest BCUT2D eigenvalue weighted by molar-refractivity contribution is 6.24. The van der Waals surface area contributed by atoms with Gasteiger partial charge in [0.2, 0.25) is 0 Å². The van der Waals surface area contributed by atoms with Gasteiger partial charge in [0.05, 0.1) is 18.4 Å². The number of nitrogens with one attached hydrogen (secondary N) is 2. The second-order valence-electron chi connectivity index (χ2n) is 3.57. The van der Waals surface area contributed by atoms with E-state index in [1.54, 1.807) is 30.6 Å². The van der Waals surface area contributed by atoms with Gasteiger partial charge in [-0.05, 0) is 12.1 Å². The zero-order valence-electron chi connectivity index (χ0n) is 9.75. The van der Waals surface area contributed by atoms with Crippen molar-refractivity contribution in [1.29, 1.82) is 5.41 Å². The summed E-state index contributed by atoms with van der Waals surface area (Å²) in [5.41, 5.74) is 6.75. The predicted molar refractivity (Wildman–Crippen MR) is 65.3 cm³/mol. The zero-order chi connectivity index (χ0) is 13.1. The predicted octanol–water partition coefficient (Wildman–Crippen LogP) is 0.314. The van der Waals surface area contributed by atoms with Crippen LogP contribution in [0.2, 0.25) is 0 Å². The molecule has 4 N–H and O–H groups in total. The standard InChI is InChI=1S/C11H13N5O2/c1-18-11(17)16-9(12)7(6-15-10(16)13)8-4-2-3-5-14-8/h2-6,10,12,15H,13H2,1H3. The number of nitrogens with two attached hydrogens (primary N) is 1. The molecule has 94 valence electrons. The van der Waals surface area contributed by atoms with Crippen LogP contribution in [0.1, 0.15) is 5.69 Å². The van der Waals surface area contributed by atoms with E-state index in [1.165, 1.54) is 7.11 Å². The lowest BCUT2D eigenvalue weighted by Crippen LogP contribution is -2.58. The van der Waals surface area contributed by atoms with E-state index in [1.807, 2.05) is 0 Å². The van der Waals surface area contributed by atoms with E-state index in [-0.39, 0.29) is 5.84 Å². The highest BCUT2D eigenvalue weighted by Gasteiger charge is 2.31. The summed E-state index contributed by atoms with van der Waals surface area (Å²) in [6.45, 7) is 0. The van der Waals surface area contributed by atoms with Crippen LogP contribution in [-0.2, 0) is 4.74 Å². The van der Waals surface area contributed by atoms with Crippen molar-refractivity contribution >= 4 is 17.5 Å². The molecule has 1 atom stereocenters. The molecule has 0 bridgehead atoms. The third kappa shape index (κ3) is 2.03. The lowest BCUT2D eigenvalue weighted by molar-refractivity contribution is 0.130. The molecule has 0 radical (unpaired) electrons. The largest absolute Gasteiger partial charge is 0.452 e. The van der Waals surface area contributed by atoms with E-state index < -0.39 is 12.4 Å². The summed E-state index contributed by atoms with van der Waals surface area (Å²) in [7, 11) is 1.24. The highest BCUT2D eigenvalue weighted by atomic mass is 16.5. The number of hydrogen-bond donors (Lipinski definition) is 3. The van der Waals surface area contributed by atoms with Crippen molar-refractivity contribution in [1.82, 2.24) is 15.2 Å². The molecule has 7 nitrogen and oxygen atoms in total. The van der Waals surface area contributed by atoms with Gasteiger partial charge in [-0.3, -0.25) is 16.1 Å². The Hall–Kier alpha value is -2.41. The van der Waals surface area contributed by atoms with E-state index in [2.05, 4.69) is 15.0 Å². The molecule has 1 aliphatic heterocycles. The normalized spacial score (nSPS) is 19.0. The highest BCUT2D eigenvalue weighted by Crippen LogP contribution is 2.18. The van der Waals surface area contributed by atoms with Crippen LogP contribution in [0.25, 0.3) is 5.57 Å². The summed E-state index contributed by atoms with van der Waals surface area (Å²) in [6, 6.07) is 5.32. The van der Waals surface area contributed by atoms with Gasteiger partial charge < -0.3 is 10.1 Å². The van der Waals surface area contributed by atoms with Crippen molar-refractivity contribution in [2.75, 3.05) is 7.11 Å². The Morgan fingerprint density at radius 3 is 3.00 bits per heavy atom. The van der Waals surface area contributed by atoms with Crippen molar-refractivity contribution in [2.45, 2.75) is 6.29 Å². The van der Waals surface area contributed by atoms with E-state index in [0.29, 0.717) is 11.3 Å². The molecule has 1 aromatic heterocycles. The number of methoxy groups -OCH3 is 1. The van der Waals surface area contributed by atoms with Gasteiger partial charge >= 0.3 is 6.09 Å². The molecule has 0 saturated heterocycles. The molecule has 7 heteroatoms. The van der Waals surface area contributed by atoms with Gasteiger partial charge in [-0.15, -0.1) is 0 Å². The molecular formula is C11H13N5O2. The summed E-state index contributed by atoms with van der Waals surface area (Å²) < 4.78 is 4.59. The Morgan fingerprint density at radius 2 is 2.39 bits per heavy atom. The molecule has 1 aromatic rings. The van der Waals surface area contributed by atoms with Crippen molar-refractivity contribution in [3.63, 3.8) is 0 Å². The maximum absolute atomic E-state index is 11.6. The van der Waals surface area contributed by atoms with Gasteiger partial charge in [-0.1, -0.05) is 6.07 Å². The third-order valence-corrected chi connectivity index (χ3v) is 2.48. The fraction of sp³-hybridized carbons (Fsp3) is 0.182. The summed E-state index contributed by atoms with van der Waals surface area (Å²) >= 11 is 0. The van der Waals surface area contributed by atoms with Crippen LogP contribution < -0.4 is 11.1 Å². The number of pyridine rings is 1. The first-order valence-corrected chi connectivity index (χ1v) is 5.24. The van der Waals surface area contributed by atoms with Gasteiger partial charge in [-0.2, -0.15) is 0 Å². The first-order valence-electron chi connectivity index (χ1n) is 5.24. The summed E-state index contributed by atoms with van der Waals surface area (Å²) in [4.78, 5) is 16.7. The number of aromatic nitrogens is 1. The minimum Gasteiger partial charge on any atom is -0.452 e. The molecule has 1 aliphatic rings. The van der Waals surface area contributed by atoms with E-state index in [9.17, 15) is 4.79 Å². The summed E-state index contributed by atoms with van der Waals surface area (Å²) in [6.07, 6.45) is 1.66.